The van der Waals surface area contributed by atoms with E-state index in [0.29, 0.717) is 22.6 Å². The molecule has 0 atom stereocenters. The van der Waals surface area contributed by atoms with Crippen LogP contribution in [0.3, 0.4) is 0 Å². The number of benzene rings is 3. The third-order valence-electron chi connectivity index (χ3n) is 4.84. The molecule has 4 nitrogen and oxygen atoms in total. The Bertz CT molecular complexity index is 1240. The van der Waals surface area contributed by atoms with Crippen LogP contribution in [0, 0.1) is 5.82 Å². The van der Waals surface area contributed by atoms with Gasteiger partial charge in [-0.15, -0.1) is 0 Å². The summed E-state index contributed by atoms with van der Waals surface area (Å²) in [4.78, 5) is 12.9. The first-order chi connectivity index (χ1) is 13.9. The van der Waals surface area contributed by atoms with Gasteiger partial charge < -0.3 is 15.0 Å². The van der Waals surface area contributed by atoms with E-state index in [4.69, 9.17) is 10.5 Å². The van der Waals surface area contributed by atoms with Crippen molar-refractivity contribution < 1.29 is 9.13 Å². The zero-order valence-corrected chi connectivity index (χ0v) is 16.2. The molecule has 0 fully saturated rings. The molecule has 0 radical (unpaired) electrons. The second-order valence-corrected chi connectivity index (χ2v) is 7.21. The maximum absolute atomic E-state index is 13.3. The van der Waals surface area contributed by atoms with E-state index in [1.807, 2.05) is 50.4 Å². The number of halogens is 1. The average Bonchev–Trinajstić information content (AvgIpc) is 2.71. The van der Waals surface area contributed by atoms with E-state index in [9.17, 15) is 9.18 Å². The largest absolute Gasteiger partial charge is 0.457 e. The molecule has 3 aromatic carbocycles. The van der Waals surface area contributed by atoms with Crippen molar-refractivity contribution in [2.75, 3.05) is 5.73 Å². The molecule has 0 saturated carbocycles. The van der Waals surface area contributed by atoms with Gasteiger partial charge in [-0.3, -0.25) is 4.79 Å². The molecule has 0 amide bonds. The maximum Gasteiger partial charge on any atom is 0.258 e. The number of ether oxygens (including phenoxy) is 1. The van der Waals surface area contributed by atoms with Crippen molar-refractivity contribution in [2.24, 2.45) is 0 Å². The highest BCUT2D eigenvalue weighted by Gasteiger charge is 2.16. The summed E-state index contributed by atoms with van der Waals surface area (Å²) >= 11 is 0. The second-order valence-electron chi connectivity index (χ2n) is 7.21. The number of nitrogens with zero attached hydrogens (tertiary/aromatic N) is 1. The fourth-order valence-corrected chi connectivity index (χ4v) is 3.39. The van der Waals surface area contributed by atoms with E-state index in [-0.39, 0.29) is 17.4 Å². The topological polar surface area (TPSA) is 57.2 Å². The van der Waals surface area contributed by atoms with E-state index in [0.717, 1.165) is 16.5 Å². The Labute approximate surface area is 168 Å². The van der Waals surface area contributed by atoms with Crippen molar-refractivity contribution >= 4 is 16.5 Å². The molecule has 29 heavy (non-hydrogen) atoms. The lowest BCUT2D eigenvalue weighted by molar-refractivity contribution is 0.482. The highest BCUT2D eigenvalue weighted by atomic mass is 19.1. The van der Waals surface area contributed by atoms with E-state index < -0.39 is 0 Å². The van der Waals surface area contributed by atoms with Crippen molar-refractivity contribution in [1.82, 2.24) is 4.57 Å². The van der Waals surface area contributed by atoms with Crippen LogP contribution in [0.4, 0.5) is 10.1 Å². The fourth-order valence-electron chi connectivity index (χ4n) is 3.39. The third-order valence-corrected chi connectivity index (χ3v) is 4.84. The number of anilines is 1. The molecule has 146 valence electrons. The summed E-state index contributed by atoms with van der Waals surface area (Å²) in [5, 5.41) is 1.46. The number of fused-ring (bicyclic) bond motifs is 1. The molecule has 0 aliphatic heterocycles. The van der Waals surface area contributed by atoms with Gasteiger partial charge in [0, 0.05) is 34.4 Å². The van der Waals surface area contributed by atoms with Gasteiger partial charge in [-0.2, -0.15) is 0 Å². The highest BCUT2D eigenvalue weighted by molar-refractivity contribution is 5.97. The molecule has 0 unspecified atom stereocenters. The second kappa shape index (κ2) is 7.43. The van der Waals surface area contributed by atoms with Crippen LogP contribution in [0.25, 0.3) is 21.9 Å². The van der Waals surface area contributed by atoms with Gasteiger partial charge in [0.15, 0.2) is 0 Å². The molecule has 4 rings (SSSR count). The quantitative estimate of drug-likeness (QED) is 0.452. The Morgan fingerprint density at radius 3 is 2.31 bits per heavy atom. The van der Waals surface area contributed by atoms with Crippen molar-refractivity contribution in [3.05, 3.63) is 89.1 Å². The maximum atomic E-state index is 13.3. The third kappa shape index (κ3) is 3.59. The number of rotatable bonds is 4. The first kappa shape index (κ1) is 18.7. The minimum Gasteiger partial charge on any atom is -0.457 e. The van der Waals surface area contributed by atoms with E-state index >= 15 is 0 Å². The van der Waals surface area contributed by atoms with Crippen molar-refractivity contribution in [1.29, 1.82) is 0 Å². The fraction of sp³-hybridized carbons (Fsp3) is 0.125. The van der Waals surface area contributed by atoms with Gasteiger partial charge in [0.1, 0.15) is 17.3 Å². The normalized spacial score (nSPS) is 11.2. The summed E-state index contributed by atoms with van der Waals surface area (Å²) < 4.78 is 21.0. The van der Waals surface area contributed by atoms with Gasteiger partial charge in [-0.05, 0) is 67.8 Å². The van der Waals surface area contributed by atoms with Gasteiger partial charge in [-0.25, -0.2) is 4.39 Å². The van der Waals surface area contributed by atoms with Crippen LogP contribution in [-0.4, -0.2) is 4.57 Å². The summed E-state index contributed by atoms with van der Waals surface area (Å²) in [5.41, 5.74) is 8.23. The first-order valence-corrected chi connectivity index (χ1v) is 9.41. The van der Waals surface area contributed by atoms with Gasteiger partial charge in [0.2, 0.25) is 0 Å². The first-order valence-electron chi connectivity index (χ1n) is 9.41. The molecule has 5 heteroatoms. The molecule has 1 aromatic heterocycles. The zero-order chi connectivity index (χ0) is 20.5. The van der Waals surface area contributed by atoms with Crippen LogP contribution in [0.1, 0.15) is 19.9 Å². The summed E-state index contributed by atoms with van der Waals surface area (Å²) in [6.07, 6.45) is 1.85. The molecular formula is C24H21FN2O2. The summed E-state index contributed by atoms with van der Waals surface area (Å²) in [6.45, 7) is 3.93. The van der Waals surface area contributed by atoms with Gasteiger partial charge in [-0.1, -0.05) is 18.2 Å². The predicted molar refractivity (Wildman–Crippen MR) is 115 cm³/mol. The van der Waals surface area contributed by atoms with Crippen LogP contribution in [0.5, 0.6) is 11.5 Å². The summed E-state index contributed by atoms with van der Waals surface area (Å²) in [5.74, 6) is 0.758. The average molecular weight is 388 g/mol. The Hall–Kier alpha value is -3.60. The number of hydrogen-bond donors (Lipinski definition) is 1. The molecule has 0 aliphatic rings. The minimum absolute atomic E-state index is 0.00613. The van der Waals surface area contributed by atoms with Gasteiger partial charge >= 0.3 is 0 Å². The minimum atomic E-state index is -0.329. The molecule has 0 saturated heterocycles. The number of nitrogens with two attached hydrogens (primary N) is 1. The Morgan fingerprint density at radius 1 is 0.931 bits per heavy atom. The SMILES string of the molecule is CC(C)n1cc(-c2cc(N)ccc2Oc2ccc(F)cc2)c2ccccc2c1=O. The Balaban J connectivity index is 1.96. The van der Waals surface area contributed by atoms with Crippen LogP contribution < -0.4 is 16.0 Å². The number of nitrogen functional groups attached to an aromatic ring is 1. The molecule has 0 bridgehead atoms. The van der Waals surface area contributed by atoms with E-state index in [1.165, 1.54) is 12.1 Å². The summed E-state index contributed by atoms with van der Waals surface area (Å²) in [6, 6.07) is 18.7. The lowest BCUT2D eigenvalue weighted by Gasteiger charge is -2.18. The standard InChI is InChI=1S/C24H21FN2O2/c1-15(2)27-14-22(19-5-3-4-6-20(19)24(27)28)21-13-17(26)9-12-23(21)29-18-10-7-16(25)8-11-18/h3-15H,26H2,1-2H3. The van der Waals surface area contributed by atoms with Crippen molar-refractivity contribution in [3.8, 4) is 22.6 Å². The van der Waals surface area contributed by atoms with Crippen LogP contribution in [-0.2, 0) is 0 Å². The van der Waals surface area contributed by atoms with E-state index in [2.05, 4.69) is 0 Å². The van der Waals surface area contributed by atoms with Gasteiger partial charge in [0.05, 0.1) is 0 Å². The molecule has 0 spiro atoms. The lowest BCUT2D eigenvalue weighted by atomic mass is 9.99. The Kier molecular flexibility index (Phi) is 4.80. The van der Waals surface area contributed by atoms with Crippen molar-refractivity contribution in [3.63, 3.8) is 0 Å². The van der Waals surface area contributed by atoms with Crippen LogP contribution in [0.15, 0.2) is 77.7 Å². The van der Waals surface area contributed by atoms with Crippen LogP contribution in [0.2, 0.25) is 0 Å². The Morgan fingerprint density at radius 2 is 1.62 bits per heavy atom. The molecule has 4 aromatic rings. The highest BCUT2D eigenvalue weighted by Crippen LogP contribution is 2.38. The predicted octanol–water partition coefficient (Wildman–Crippen LogP) is 5.76. The number of aromatic nitrogens is 1. The monoisotopic (exact) mass is 388 g/mol. The number of pyridine rings is 1. The smallest absolute Gasteiger partial charge is 0.258 e. The molecule has 0 aliphatic carbocycles. The lowest BCUT2D eigenvalue weighted by Crippen LogP contribution is -2.21. The molecular weight excluding hydrogens is 367 g/mol. The molecule has 1 heterocycles. The summed E-state index contributed by atoms with van der Waals surface area (Å²) in [7, 11) is 0. The zero-order valence-electron chi connectivity index (χ0n) is 16.2. The van der Waals surface area contributed by atoms with Crippen LogP contribution >= 0.6 is 0 Å². The van der Waals surface area contributed by atoms with E-state index in [1.54, 1.807) is 28.8 Å². The van der Waals surface area contributed by atoms with Gasteiger partial charge in [0.25, 0.3) is 5.56 Å². The molecule has 2 N–H and O–H groups in total. The number of hydrogen-bond acceptors (Lipinski definition) is 3. The van der Waals surface area contributed by atoms with Crippen molar-refractivity contribution in [2.45, 2.75) is 19.9 Å².